The van der Waals surface area contributed by atoms with Crippen LogP contribution in [-0.4, -0.2) is 5.97 Å². The predicted molar refractivity (Wildman–Crippen MR) is 92.1 cm³/mol. The first-order valence-electron chi connectivity index (χ1n) is 6.58. The van der Waals surface area contributed by atoms with E-state index in [4.69, 9.17) is 27.9 Å². The van der Waals surface area contributed by atoms with Gasteiger partial charge in [0.15, 0.2) is 0 Å². The van der Waals surface area contributed by atoms with Gasteiger partial charge in [-0.1, -0.05) is 37.0 Å². The van der Waals surface area contributed by atoms with Gasteiger partial charge in [-0.25, -0.2) is 8.78 Å². The molecule has 0 heterocycles. The van der Waals surface area contributed by atoms with E-state index in [1.807, 2.05) is 13.8 Å². The van der Waals surface area contributed by atoms with Crippen LogP contribution in [0.4, 0.5) is 8.78 Å². The highest BCUT2D eigenvalue weighted by atomic mass is 79.9. The second-order valence-electron chi connectivity index (χ2n) is 5.84. The topological polar surface area (TPSA) is 26.3 Å². The molecule has 0 aromatic heterocycles. The van der Waals surface area contributed by atoms with E-state index in [1.54, 1.807) is 6.08 Å². The molecule has 23 heavy (non-hydrogen) atoms. The number of rotatable bonds is 4. The van der Waals surface area contributed by atoms with E-state index in [2.05, 4.69) is 31.9 Å². The van der Waals surface area contributed by atoms with Crippen LogP contribution in [-0.2, 0) is 16.1 Å². The van der Waals surface area contributed by atoms with E-state index in [9.17, 15) is 13.6 Å². The van der Waals surface area contributed by atoms with Crippen LogP contribution in [0.15, 0.2) is 25.6 Å². The maximum absolute atomic E-state index is 13.6. The number of hydrogen-bond acceptors (Lipinski definition) is 2. The first-order valence-corrected chi connectivity index (χ1v) is 8.93. The van der Waals surface area contributed by atoms with Gasteiger partial charge >= 0.3 is 5.97 Å². The first kappa shape index (κ1) is 19.2. The molecule has 0 radical (unpaired) electrons. The van der Waals surface area contributed by atoms with Crippen molar-refractivity contribution in [3.8, 4) is 0 Å². The molecule has 0 amide bonds. The highest BCUT2D eigenvalue weighted by molar-refractivity contribution is 9.11. The summed E-state index contributed by atoms with van der Waals surface area (Å²) in [4.78, 5) is 12.2. The average Bonchev–Trinajstić information content (AvgIpc) is 2.96. The third kappa shape index (κ3) is 3.91. The molecule has 1 fully saturated rings. The highest BCUT2D eigenvalue weighted by Gasteiger charge is 2.61. The Morgan fingerprint density at radius 3 is 2.30 bits per heavy atom. The maximum Gasteiger partial charge on any atom is 0.310 e. The number of ether oxygens (including phenoxy) is 1. The fourth-order valence-electron chi connectivity index (χ4n) is 2.56. The maximum atomic E-state index is 13.6. The van der Waals surface area contributed by atoms with Crippen LogP contribution in [0.3, 0.4) is 0 Å². The molecule has 0 N–H and O–H groups in total. The molecular weight excluding hydrogens is 481 g/mol. The highest BCUT2D eigenvalue weighted by Crippen LogP contribution is 2.60. The lowest BCUT2D eigenvalue weighted by molar-refractivity contribution is -0.147. The molecule has 2 atom stereocenters. The van der Waals surface area contributed by atoms with Crippen LogP contribution < -0.4 is 0 Å². The van der Waals surface area contributed by atoms with Crippen LogP contribution in [0.1, 0.15) is 19.4 Å². The molecule has 2 nitrogen and oxygen atoms in total. The zero-order valence-electron chi connectivity index (χ0n) is 12.1. The van der Waals surface area contributed by atoms with E-state index < -0.39 is 23.5 Å². The number of carbonyl (C=O) groups is 1. The molecule has 0 saturated heterocycles. The quantitative estimate of drug-likeness (QED) is 0.373. The molecule has 126 valence electrons. The zero-order chi connectivity index (χ0) is 17.5. The molecule has 1 aromatic carbocycles. The summed E-state index contributed by atoms with van der Waals surface area (Å²) in [5, 5.41) is 0. The Kier molecular flexibility index (Phi) is 5.82. The van der Waals surface area contributed by atoms with Crippen LogP contribution in [0, 0.1) is 28.9 Å². The van der Waals surface area contributed by atoms with Crippen molar-refractivity contribution in [1.29, 1.82) is 0 Å². The normalized spacial score (nSPS) is 21.7. The molecule has 1 aliphatic carbocycles. The smallest absolute Gasteiger partial charge is 0.310 e. The first-order chi connectivity index (χ1) is 10.6. The molecule has 1 saturated carbocycles. The van der Waals surface area contributed by atoms with Crippen LogP contribution in [0.25, 0.3) is 0 Å². The van der Waals surface area contributed by atoms with Crippen molar-refractivity contribution >= 4 is 61.0 Å². The second kappa shape index (κ2) is 6.98. The van der Waals surface area contributed by atoms with E-state index in [0.29, 0.717) is 0 Å². The largest absolute Gasteiger partial charge is 0.460 e. The van der Waals surface area contributed by atoms with Gasteiger partial charge in [0, 0.05) is 11.6 Å². The van der Waals surface area contributed by atoms with E-state index in [-0.39, 0.29) is 36.9 Å². The van der Waals surface area contributed by atoms with Crippen molar-refractivity contribution in [3.05, 3.63) is 42.8 Å². The number of benzene rings is 1. The minimum atomic E-state index is -0.766. The van der Waals surface area contributed by atoms with Gasteiger partial charge in [0.1, 0.15) is 22.7 Å². The summed E-state index contributed by atoms with van der Waals surface area (Å²) >= 11 is 17.3. The molecule has 0 spiro atoms. The third-order valence-corrected chi connectivity index (χ3v) is 6.00. The van der Waals surface area contributed by atoms with Crippen LogP contribution in [0.5, 0.6) is 0 Å². The predicted octanol–water partition coefficient (Wildman–Crippen LogP) is 6.12. The molecule has 0 aliphatic heterocycles. The SMILES string of the molecule is CC1(C)[C@H](C=C(Cl)Cl)[C@H]1C(=O)OCc1c(Br)c(F)cc(F)c1Br. The van der Waals surface area contributed by atoms with Crippen LogP contribution in [0.2, 0.25) is 0 Å². The number of esters is 1. The minimum Gasteiger partial charge on any atom is -0.460 e. The Balaban J connectivity index is 2.11. The minimum absolute atomic E-state index is 0.0499. The van der Waals surface area contributed by atoms with Crippen molar-refractivity contribution < 1.29 is 18.3 Å². The summed E-state index contributed by atoms with van der Waals surface area (Å²) in [5.74, 6) is -2.52. The second-order valence-corrected chi connectivity index (χ2v) is 8.43. The van der Waals surface area contributed by atoms with Crippen molar-refractivity contribution in [2.45, 2.75) is 20.5 Å². The number of halogens is 6. The molecule has 8 heteroatoms. The molecule has 2 rings (SSSR count). The van der Waals surface area contributed by atoms with Crippen LogP contribution >= 0.6 is 55.1 Å². The Morgan fingerprint density at radius 1 is 1.30 bits per heavy atom. The van der Waals surface area contributed by atoms with Gasteiger partial charge in [-0.2, -0.15) is 0 Å². The summed E-state index contributed by atoms with van der Waals surface area (Å²) in [6.45, 7) is 3.53. The van der Waals surface area contributed by atoms with E-state index >= 15 is 0 Å². The van der Waals surface area contributed by atoms with Gasteiger partial charge in [-0.15, -0.1) is 0 Å². The number of hydrogen-bond donors (Lipinski definition) is 0. The Hall–Kier alpha value is -0.170. The fourth-order valence-corrected chi connectivity index (χ4v) is 3.95. The molecule has 1 aromatic rings. The molecule has 1 aliphatic rings. The van der Waals surface area contributed by atoms with E-state index in [0.717, 1.165) is 6.07 Å². The molecular formula is C15H12Br2Cl2F2O2. The average molecular weight is 493 g/mol. The lowest BCUT2D eigenvalue weighted by Gasteiger charge is -2.11. The van der Waals surface area contributed by atoms with Crippen molar-refractivity contribution in [2.75, 3.05) is 0 Å². The fraction of sp³-hybridized carbons (Fsp3) is 0.400. The van der Waals surface area contributed by atoms with Crippen molar-refractivity contribution in [3.63, 3.8) is 0 Å². The lowest BCUT2D eigenvalue weighted by atomic mass is 10.1. The summed E-state index contributed by atoms with van der Waals surface area (Å²) in [6, 6.07) is 0.743. The van der Waals surface area contributed by atoms with Crippen molar-refractivity contribution in [2.24, 2.45) is 17.3 Å². The standard InChI is InChI=1S/C15H12Br2Cl2F2O2/c1-15(2)7(3-10(18)19)11(15)14(22)23-5-6-12(16)8(20)4-9(21)13(6)17/h3-4,7,11H,5H2,1-2H3/t7-,11+/m1/s1. The van der Waals surface area contributed by atoms with Gasteiger partial charge < -0.3 is 4.74 Å². The number of carbonyl (C=O) groups excluding carboxylic acids is 1. The number of allylic oxidation sites excluding steroid dienone is 1. The van der Waals surface area contributed by atoms with Gasteiger partial charge in [0.2, 0.25) is 0 Å². The summed E-state index contributed by atoms with van der Waals surface area (Å²) in [6.07, 6.45) is 1.60. The zero-order valence-corrected chi connectivity index (χ0v) is 16.8. The van der Waals surface area contributed by atoms with Crippen molar-refractivity contribution in [1.82, 2.24) is 0 Å². The molecule has 0 unspecified atom stereocenters. The van der Waals surface area contributed by atoms with Gasteiger partial charge in [-0.05, 0) is 49.3 Å². The van der Waals surface area contributed by atoms with Gasteiger partial charge in [0.05, 0.1) is 14.9 Å². The summed E-state index contributed by atoms with van der Waals surface area (Å²) < 4.78 is 32.5. The summed E-state index contributed by atoms with van der Waals surface area (Å²) in [5.41, 5.74) is -0.134. The Labute approximate surface area is 159 Å². The summed E-state index contributed by atoms with van der Waals surface area (Å²) in [7, 11) is 0. The van der Waals surface area contributed by atoms with E-state index in [1.165, 1.54) is 0 Å². The lowest BCUT2D eigenvalue weighted by Crippen LogP contribution is -2.11. The Morgan fingerprint density at radius 2 is 1.83 bits per heavy atom. The third-order valence-electron chi connectivity index (χ3n) is 4.03. The monoisotopic (exact) mass is 490 g/mol. The molecule has 0 bridgehead atoms. The van der Waals surface area contributed by atoms with Gasteiger partial charge in [-0.3, -0.25) is 4.79 Å². The van der Waals surface area contributed by atoms with Gasteiger partial charge in [0.25, 0.3) is 0 Å². The Bertz CT molecular complexity index is 662.